The molecule has 3 aromatic rings. The maximum Gasteiger partial charge on any atom is 0.246 e. The lowest BCUT2D eigenvalue weighted by Gasteiger charge is -2.08. The minimum Gasteiger partial charge on any atom is -0.491 e. The van der Waals surface area contributed by atoms with Crippen LogP contribution in [0.15, 0.2) is 51.6 Å². The molecular formula is C16H17N3O4. The van der Waals surface area contributed by atoms with E-state index in [0.717, 1.165) is 11.4 Å². The Labute approximate surface area is 133 Å². The average Bonchev–Trinajstić information content (AvgIpc) is 3.25. The second kappa shape index (κ2) is 7.46. The van der Waals surface area contributed by atoms with Crippen molar-refractivity contribution in [3.05, 3.63) is 48.6 Å². The highest BCUT2D eigenvalue weighted by Gasteiger charge is 2.10. The number of nitrogens with zero attached hydrogens (tertiary/aromatic N) is 2. The number of ether oxygens (including phenoxy) is 2. The fraction of sp³-hybridized carbons (Fsp3) is 0.250. The van der Waals surface area contributed by atoms with Gasteiger partial charge in [0.25, 0.3) is 0 Å². The van der Waals surface area contributed by atoms with Crippen molar-refractivity contribution >= 4 is 5.69 Å². The van der Waals surface area contributed by atoms with E-state index >= 15 is 0 Å². The first-order chi connectivity index (χ1) is 11.3. The Kier molecular flexibility index (Phi) is 4.90. The Hall–Kier alpha value is -2.80. The van der Waals surface area contributed by atoms with Gasteiger partial charge in [-0.2, -0.15) is 4.98 Å². The molecule has 7 nitrogen and oxygen atoms in total. The lowest BCUT2D eigenvalue weighted by Crippen LogP contribution is -2.05. The molecule has 0 aliphatic rings. The van der Waals surface area contributed by atoms with Gasteiger partial charge in [0.2, 0.25) is 11.7 Å². The number of aromatic nitrogens is 2. The molecule has 120 valence electrons. The van der Waals surface area contributed by atoms with Crippen LogP contribution in [0.25, 0.3) is 11.6 Å². The van der Waals surface area contributed by atoms with Gasteiger partial charge < -0.3 is 23.7 Å². The Morgan fingerprint density at radius 1 is 1.17 bits per heavy atom. The van der Waals surface area contributed by atoms with Crippen LogP contribution >= 0.6 is 0 Å². The van der Waals surface area contributed by atoms with Gasteiger partial charge in [-0.15, -0.1) is 0 Å². The molecule has 2 heterocycles. The fourth-order valence-electron chi connectivity index (χ4n) is 1.95. The molecule has 0 unspecified atom stereocenters. The highest BCUT2D eigenvalue weighted by molar-refractivity contribution is 5.48. The molecule has 0 saturated heterocycles. The van der Waals surface area contributed by atoms with Crippen LogP contribution in [-0.4, -0.2) is 30.5 Å². The molecule has 0 fully saturated rings. The smallest absolute Gasteiger partial charge is 0.246 e. The number of rotatable bonds is 8. The number of methoxy groups -OCH3 is 1. The van der Waals surface area contributed by atoms with E-state index in [1.54, 1.807) is 25.5 Å². The summed E-state index contributed by atoms with van der Waals surface area (Å²) in [5.74, 6) is 2.26. The van der Waals surface area contributed by atoms with E-state index in [0.29, 0.717) is 37.2 Å². The van der Waals surface area contributed by atoms with Gasteiger partial charge in [-0.25, -0.2) is 0 Å². The summed E-state index contributed by atoms with van der Waals surface area (Å²) in [7, 11) is 1.64. The van der Waals surface area contributed by atoms with Crippen LogP contribution < -0.4 is 10.1 Å². The zero-order chi connectivity index (χ0) is 15.9. The lowest BCUT2D eigenvalue weighted by molar-refractivity contribution is 0.146. The second-order valence-corrected chi connectivity index (χ2v) is 4.71. The molecule has 23 heavy (non-hydrogen) atoms. The summed E-state index contributed by atoms with van der Waals surface area (Å²) in [6, 6.07) is 11.2. The van der Waals surface area contributed by atoms with Crippen LogP contribution in [0.3, 0.4) is 0 Å². The van der Waals surface area contributed by atoms with E-state index in [9.17, 15) is 0 Å². The van der Waals surface area contributed by atoms with Crippen molar-refractivity contribution in [1.82, 2.24) is 10.1 Å². The molecule has 0 bridgehead atoms. The van der Waals surface area contributed by atoms with Gasteiger partial charge in [0.05, 0.1) is 19.4 Å². The summed E-state index contributed by atoms with van der Waals surface area (Å²) in [5, 5.41) is 7.09. The monoisotopic (exact) mass is 315 g/mol. The van der Waals surface area contributed by atoms with E-state index in [1.807, 2.05) is 24.3 Å². The lowest BCUT2D eigenvalue weighted by atomic mass is 10.3. The van der Waals surface area contributed by atoms with E-state index in [2.05, 4.69) is 15.5 Å². The van der Waals surface area contributed by atoms with Crippen molar-refractivity contribution in [2.45, 2.75) is 6.54 Å². The van der Waals surface area contributed by atoms with Gasteiger partial charge in [-0.05, 0) is 24.3 Å². The summed E-state index contributed by atoms with van der Waals surface area (Å²) >= 11 is 0. The van der Waals surface area contributed by atoms with Crippen molar-refractivity contribution in [2.24, 2.45) is 0 Å². The van der Waals surface area contributed by atoms with Crippen LogP contribution in [0.4, 0.5) is 5.69 Å². The van der Waals surface area contributed by atoms with Gasteiger partial charge >= 0.3 is 0 Å². The third-order valence-corrected chi connectivity index (χ3v) is 3.04. The molecule has 7 heteroatoms. The second-order valence-electron chi connectivity index (χ2n) is 4.71. The summed E-state index contributed by atoms with van der Waals surface area (Å²) < 4.78 is 20.9. The highest BCUT2D eigenvalue weighted by Crippen LogP contribution is 2.19. The molecule has 1 N–H and O–H groups in total. The molecule has 2 aromatic heterocycles. The predicted octanol–water partition coefficient (Wildman–Crippen LogP) is 2.97. The fourth-order valence-corrected chi connectivity index (χ4v) is 1.95. The van der Waals surface area contributed by atoms with Crippen molar-refractivity contribution in [2.75, 3.05) is 25.6 Å². The quantitative estimate of drug-likeness (QED) is 0.640. The maximum absolute atomic E-state index is 5.56. The molecular weight excluding hydrogens is 298 g/mol. The molecule has 0 spiro atoms. The van der Waals surface area contributed by atoms with E-state index in [4.69, 9.17) is 18.4 Å². The Balaban J connectivity index is 1.57. The third-order valence-electron chi connectivity index (χ3n) is 3.04. The standard InChI is InChI=1S/C16H17N3O4/c1-20-8-9-21-13-5-2-4-12(10-13)17-11-15-18-16(19-23-15)14-6-3-7-22-14/h2-7,10,17H,8-9,11H2,1H3. The van der Waals surface area contributed by atoms with E-state index in [-0.39, 0.29) is 0 Å². The molecule has 0 aliphatic heterocycles. The Bertz CT molecular complexity index is 725. The zero-order valence-electron chi connectivity index (χ0n) is 12.7. The number of nitrogens with one attached hydrogen (secondary N) is 1. The summed E-state index contributed by atoms with van der Waals surface area (Å²) in [4.78, 5) is 4.27. The predicted molar refractivity (Wildman–Crippen MR) is 83.1 cm³/mol. The van der Waals surface area contributed by atoms with E-state index < -0.39 is 0 Å². The first-order valence-corrected chi connectivity index (χ1v) is 7.17. The van der Waals surface area contributed by atoms with Gasteiger partial charge in [0, 0.05) is 18.9 Å². The molecule has 1 aromatic carbocycles. The van der Waals surface area contributed by atoms with Gasteiger partial charge in [0.15, 0.2) is 5.76 Å². The summed E-state index contributed by atoms with van der Waals surface area (Å²) in [6.07, 6.45) is 1.57. The average molecular weight is 315 g/mol. The van der Waals surface area contributed by atoms with Crippen molar-refractivity contribution < 1.29 is 18.4 Å². The number of furan rings is 1. The number of hydrogen-bond donors (Lipinski definition) is 1. The van der Waals surface area contributed by atoms with Crippen LogP contribution in [-0.2, 0) is 11.3 Å². The minimum atomic E-state index is 0.412. The SMILES string of the molecule is COCCOc1cccc(NCc2nc(-c3ccco3)no2)c1. The van der Waals surface area contributed by atoms with Crippen LogP contribution in [0, 0.1) is 0 Å². The normalized spacial score (nSPS) is 10.7. The van der Waals surface area contributed by atoms with Gasteiger partial charge in [0.1, 0.15) is 12.4 Å². The first kappa shape index (κ1) is 15.1. The maximum atomic E-state index is 5.56. The minimum absolute atomic E-state index is 0.412. The van der Waals surface area contributed by atoms with Crippen molar-refractivity contribution in [3.63, 3.8) is 0 Å². The molecule has 0 aliphatic carbocycles. The Morgan fingerprint density at radius 3 is 2.96 bits per heavy atom. The number of benzene rings is 1. The number of anilines is 1. The van der Waals surface area contributed by atoms with Crippen LogP contribution in [0.2, 0.25) is 0 Å². The largest absolute Gasteiger partial charge is 0.491 e. The molecule has 0 atom stereocenters. The van der Waals surface area contributed by atoms with Crippen LogP contribution in [0.1, 0.15) is 5.89 Å². The zero-order valence-corrected chi connectivity index (χ0v) is 12.7. The molecule has 3 rings (SSSR count). The van der Waals surface area contributed by atoms with Crippen molar-refractivity contribution in [1.29, 1.82) is 0 Å². The summed E-state index contributed by atoms with van der Waals surface area (Å²) in [5.41, 5.74) is 0.901. The first-order valence-electron chi connectivity index (χ1n) is 7.17. The number of hydrogen-bond acceptors (Lipinski definition) is 7. The van der Waals surface area contributed by atoms with Crippen molar-refractivity contribution in [3.8, 4) is 17.3 Å². The van der Waals surface area contributed by atoms with Gasteiger partial charge in [-0.3, -0.25) is 0 Å². The van der Waals surface area contributed by atoms with E-state index in [1.165, 1.54) is 0 Å². The topological polar surface area (TPSA) is 82.5 Å². The summed E-state index contributed by atoms with van der Waals surface area (Å²) in [6.45, 7) is 1.47. The van der Waals surface area contributed by atoms with Gasteiger partial charge in [-0.1, -0.05) is 11.2 Å². The Morgan fingerprint density at radius 2 is 2.13 bits per heavy atom. The molecule has 0 saturated carbocycles. The highest BCUT2D eigenvalue weighted by atomic mass is 16.5. The molecule has 0 radical (unpaired) electrons. The van der Waals surface area contributed by atoms with Crippen LogP contribution in [0.5, 0.6) is 5.75 Å². The molecule has 0 amide bonds. The third kappa shape index (κ3) is 4.10.